The van der Waals surface area contributed by atoms with Gasteiger partial charge in [0.1, 0.15) is 18.2 Å². The lowest BCUT2D eigenvalue weighted by Gasteiger charge is -2.29. The minimum atomic E-state index is -3.30. The van der Waals surface area contributed by atoms with Crippen molar-refractivity contribution in [2.45, 2.75) is 73.8 Å². The van der Waals surface area contributed by atoms with Crippen molar-refractivity contribution in [1.82, 2.24) is 15.3 Å². The average Bonchev–Trinajstić information content (AvgIpc) is 3.52. The standard InChI is InChI=1S/C21H24ClN3O4S/c1-12-20(28-15-8-13-2-3-14(9-15)25-13)23-11-24-21(12)29-19-7-6-17(10-18(19)22)30(26,27)16-4-5-16/h6-7,10-11,13-16,25H,2-5,8-9H2,1H3. The molecule has 0 spiro atoms. The molecule has 2 unspecified atom stereocenters. The summed E-state index contributed by atoms with van der Waals surface area (Å²) in [5, 5.41) is 3.55. The maximum Gasteiger partial charge on any atom is 0.229 e. The van der Waals surface area contributed by atoms with Gasteiger partial charge >= 0.3 is 0 Å². The molecule has 3 fully saturated rings. The number of hydrogen-bond donors (Lipinski definition) is 1. The fourth-order valence-electron chi connectivity index (χ4n) is 4.32. The molecule has 2 saturated heterocycles. The molecule has 7 nitrogen and oxygen atoms in total. The first-order valence-electron chi connectivity index (χ1n) is 10.4. The second-order valence-electron chi connectivity index (χ2n) is 8.40. The fourth-order valence-corrected chi connectivity index (χ4v) is 6.28. The Morgan fingerprint density at radius 1 is 1.07 bits per heavy atom. The normalized spacial score (nSPS) is 25.9. The predicted octanol–water partition coefficient (Wildman–Crippen LogP) is 3.83. The van der Waals surface area contributed by atoms with Gasteiger partial charge in [-0.05, 0) is 63.6 Å². The molecular weight excluding hydrogens is 426 g/mol. The second kappa shape index (κ2) is 7.66. The van der Waals surface area contributed by atoms with E-state index in [0.717, 1.165) is 12.8 Å². The summed E-state index contributed by atoms with van der Waals surface area (Å²) in [5.74, 6) is 1.20. The van der Waals surface area contributed by atoms with Gasteiger partial charge in [-0.25, -0.2) is 18.4 Å². The first kappa shape index (κ1) is 20.0. The largest absolute Gasteiger partial charge is 0.474 e. The summed E-state index contributed by atoms with van der Waals surface area (Å²) in [6, 6.07) is 5.60. The van der Waals surface area contributed by atoms with Crippen LogP contribution in [0.1, 0.15) is 44.1 Å². The zero-order chi connectivity index (χ0) is 20.9. The van der Waals surface area contributed by atoms with Crippen molar-refractivity contribution in [3.05, 3.63) is 35.1 Å². The maximum absolute atomic E-state index is 12.4. The van der Waals surface area contributed by atoms with Gasteiger partial charge in [0.25, 0.3) is 0 Å². The van der Waals surface area contributed by atoms with Crippen LogP contribution in [0.15, 0.2) is 29.4 Å². The van der Waals surface area contributed by atoms with Crippen molar-refractivity contribution >= 4 is 21.4 Å². The molecule has 1 aromatic heterocycles. The summed E-state index contributed by atoms with van der Waals surface area (Å²) in [6.45, 7) is 1.85. The second-order valence-corrected chi connectivity index (χ2v) is 11.0. The van der Waals surface area contributed by atoms with Crippen LogP contribution in [0.4, 0.5) is 0 Å². The molecule has 0 amide bonds. The predicted molar refractivity (Wildman–Crippen MR) is 112 cm³/mol. The molecule has 9 heteroatoms. The molecule has 3 aliphatic rings. The quantitative estimate of drug-likeness (QED) is 0.716. The number of aromatic nitrogens is 2. The highest BCUT2D eigenvalue weighted by Crippen LogP contribution is 2.38. The Labute approximate surface area is 181 Å². The number of nitrogens with one attached hydrogen (secondary N) is 1. The average molecular weight is 450 g/mol. The van der Waals surface area contributed by atoms with Crippen LogP contribution in [0.3, 0.4) is 0 Å². The maximum atomic E-state index is 12.4. The van der Waals surface area contributed by atoms with E-state index in [2.05, 4.69) is 15.3 Å². The molecule has 2 aromatic rings. The first-order chi connectivity index (χ1) is 14.4. The zero-order valence-electron chi connectivity index (χ0n) is 16.7. The van der Waals surface area contributed by atoms with E-state index in [-0.39, 0.29) is 21.3 Å². The van der Waals surface area contributed by atoms with Gasteiger partial charge < -0.3 is 14.8 Å². The van der Waals surface area contributed by atoms with Crippen molar-refractivity contribution in [3.63, 3.8) is 0 Å². The number of nitrogens with zero attached hydrogens (tertiary/aromatic N) is 2. The third-order valence-electron chi connectivity index (χ3n) is 6.10. The summed E-state index contributed by atoms with van der Waals surface area (Å²) in [7, 11) is -3.30. The fraction of sp³-hybridized carbons (Fsp3) is 0.524. The molecule has 2 bridgehead atoms. The van der Waals surface area contributed by atoms with E-state index in [0.29, 0.717) is 48.0 Å². The number of ether oxygens (including phenoxy) is 2. The molecule has 160 valence electrons. The van der Waals surface area contributed by atoms with E-state index >= 15 is 0 Å². The van der Waals surface area contributed by atoms with Crippen molar-refractivity contribution in [1.29, 1.82) is 0 Å². The Morgan fingerprint density at radius 3 is 2.43 bits per heavy atom. The van der Waals surface area contributed by atoms with Crippen molar-refractivity contribution in [3.8, 4) is 17.5 Å². The van der Waals surface area contributed by atoms with Crippen LogP contribution in [0.5, 0.6) is 17.5 Å². The van der Waals surface area contributed by atoms with Gasteiger partial charge in [-0.1, -0.05) is 11.6 Å². The van der Waals surface area contributed by atoms with Crippen LogP contribution < -0.4 is 14.8 Å². The Bertz CT molecular complexity index is 1060. The molecule has 30 heavy (non-hydrogen) atoms. The smallest absolute Gasteiger partial charge is 0.229 e. The van der Waals surface area contributed by atoms with E-state index < -0.39 is 9.84 Å². The number of benzene rings is 1. The van der Waals surface area contributed by atoms with Crippen LogP contribution in [-0.4, -0.2) is 41.8 Å². The highest BCUT2D eigenvalue weighted by atomic mass is 35.5. The van der Waals surface area contributed by atoms with Crippen LogP contribution >= 0.6 is 11.6 Å². The van der Waals surface area contributed by atoms with E-state index in [1.165, 1.54) is 31.3 Å². The summed E-state index contributed by atoms with van der Waals surface area (Å²) in [4.78, 5) is 8.74. The molecular formula is C21H24ClN3O4S. The van der Waals surface area contributed by atoms with Gasteiger partial charge in [-0.3, -0.25) is 0 Å². The first-order valence-corrected chi connectivity index (χ1v) is 12.3. The highest BCUT2D eigenvalue weighted by molar-refractivity contribution is 7.92. The molecule has 1 aliphatic carbocycles. The molecule has 1 saturated carbocycles. The number of hydrogen-bond acceptors (Lipinski definition) is 7. The lowest BCUT2D eigenvalue weighted by atomic mass is 10.0. The number of fused-ring (bicyclic) bond motifs is 2. The third kappa shape index (κ3) is 3.88. The van der Waals surface area contributed by atoms with Crippen LogP contribution in [-0.2, 0) is 9.84 Å². The van der Waals surface area contributed by atoms with E-state index in [4.69, 9.17) is 21.1 Å². The van der Waals surface area contributed by atoms with Crippen molar-refractivity contribution < 1.29 is 17.9 Å². The lowest BCUT2D eigenvalue weighted by molar-refractivity contribution is 0.130. The van der Waals surface area contributed by atoms with Crippen LogP contribution in [0.25, 0.3) is 0 Å². The van der Waals surface area contributed by atoms with Crippen molar-refractivity contribution in [2.75, 3.05) is 0 Å². The van der Waals surface area contributed by atoms with Crippen LogP contribution in [0.2, 0.25) is 5.02 Å². The summed E-state index contributed by atoms with van der Waals surface area (Å²) >= 11 is 6.33. The van der Waals surface area contributed by atoms with Gasteiger partial charge in [0, 0.05) is 12.1 Å². The van der Waals surface area contributed by atoms with Crippen molar-refractivity contribution in [2.24, 2.45) is 0 Å². The Hall–Kier alpha value is -1.90. The van der Waals surface area contributed by atoms with Crippen LogP contribution in [0, 0.1) is 6.92 Å². The van der Waals surface area contributed by atoms with Gasteiger partial charge in [0.15, 0.2) is 9.84 Å². The Kier molecular flexibility index (Phi) is 5.11. The monoisotopic (exact) mass is 449 g/mol. The van der Waals surface area contributed by atoms with Gasteiger partial charge in [0.05, 0.1) is 20.7 Å². The summed E-state index contributed by atoms with van der Waals surface area (Å²) in [5.41, 5.74) is 0.689. The molecule has 2 aliphatic heterocycles. The molecule has 3 heterocycles. The molecule has 2 atom stereocenters. The lowest BCUT2D eigenvalue weighted by Crippen LogP contribution is -2.42. The zero-order valence-corrected chi connectivity index (χ0v) is 18.2. The number of piperidine rings is 1. The highest BCUT2D eigenvalue weighted by Gasteiger charge is 2.37. The van der Waals surface area contributed by atoms with E-state index in [1.807, 2.05) is 6.92 Å². The van der Waals surface area contributed by atoms with Gasteiger partial charge in [0.2, 0.25) is 11.8 Å². The third-order valence-corrected chi connectivity index (χ3v) is 8.66. The number of halogens is 1. The van der Waals surface area contributed by atoms with E-state index in [9.17, 15) is 8.42 Å². The minimum Gasteiger partial charge on any atom is -0.474 e. The summed E-state index contributed by atoms with van der Waals surface area (Å²) in [6.07, 6.45) is 7.30. The molecule has 1 aromatic carbocycles. The number of sulfone groups is 1. The van der Waals surface area contributed by atoms with Gasteiger partial charge in [-0.15, -0.1) is 0 Å². The topological polar surface area (TPSA) is 90.4 Å². The molecule has 5 rings (SSSR count). The minimum absolute atomic E-state index is 0.126. The Balaban J connectivity index is 1.33. The van der Waals surface area contributed by atoms with E-state index in [1.54, 1.807) is 6.07 Å². The number of rotatable bonds is 6. The molecule has 1 N–H and O–H groups in total. The molecule has 0 radical (unpaired) electrons. The SMILES string of the molecule is Cc1c(Oc2ccc(S(=O)(=O)C3CC3)cc2Cl)ncnc1OC1CC2CCC(C1)N2. The Morgan fingerprint density at radius 2 is 1.77 bits per heavy atom. The van der Waals surface area contributed by atoms with Gasteiger partial charge in [-0.2, -0.15) is 0 Å². The summed E-state index contributed by atoms with van der Waals surface area (Å²) < 4.78 is 36.9.